The van der Waals surface area contributed by atoms with Gasteiger partial charge in [0.2, 0.25) is 5.91 Å². The highest BCUT2D eigenvalue weighted by atomic mass is 16.6. The number of amides is 1. The molecule has 2 heterocycles. The van der Waals surface area contributed by atoms with Gasteiger partial charge in [0.1, 0.15) is 0 Å². The number of aromatic amines is 1. The van der Waals surface area contributed by atoms with E-state index in [2.05, 4.69) is 60.2 Å². The molecule has 8 nitrogen and oxygen atoms in total. The lowest BCUT2D eigenvalue weighted by molar-refractivity contribution is -0.384. The van der Waals surface area contributed by atoms with Crippen molar-refractivity contribution < 1.29 is 14.5 Å². The number of H-pyrrole nitrogens is 1. The number of rotatable bonds is 8. The van der Waals surface area contributed by atoms with Gasteiger partial charge in [0, 0.05) is 67.8 Å². The number of hydrogen-bond acceptors (Lipinski definition) is 5. The molecule has 2 N–H and O–H groups in total. The highest BCUT2D eigenvalue weighted by molar-refractivity contribution is 5.87. The summed E-state index contributed by atoms with van der Waals surface area (Å²) in [4.78, 5) is 29.5. The van der Waals surface area contributed by atoms with Gasteiger partial charge in [-0.3, -0.25) is 19.8 Å². The second-order valence-electron chi connectivity index (χ2n) is 10.2. The average Bonchev–Trinajstić information content (AvgIpc) is 3.26. The summed E-state index contributed by atoms with van der Waals surface area (Å²) < 4.78 is 5.38. The molecule has 0 bridgehead atoms. The normalized spacial score (nSPS) is 15.7. The summed E-state index contributed by atoms with van der Waals surface area (Å²) >= 11 is 0. The number of non-ortho nitro benzene ring substituents is 1. The zero-order valence-electron chi connectivity index (χ0n) is 20.7. The second-order valence-corrected chi connectivity index (χ2v) is 10.2. The van der Waals surface area contributed by atoms with E-state index in [0.29, 0.717) is 6.54 Å². The van der Waals surface area contributed by atoms with E-state index in [4.69, 9.17) is 4.74 Å². The summed E-state index contributed by atoms with van der Waals surface area (Å²) in [6, 6.07) is 13.2. The maximum absolute atomic E-state index is 13.0. The summed E-state index contributed by atoms with van der Waals surface area (Å²) in [6.45, 7) is 11.1. The molecule has 0 spiro atoms. The van der Waals surface area contributed by atoms with Gasteiger partial charge in [-0.2, -0.15) is 0 Å². The number of carbonyl (C=O) groups is 1. The molecule has 0 unspecified atom stereocenters. The molecule has 0 saturated carbocycles. The Morgan fingerprint density at radius 2 is 1.89 bits per heavy atom. The zero-order chi connectivity index (χ0) is 25.0. The molecule has 4 rings (SSSR count). The molecule has 0 radical (unpaired) electrons. The van der Waals surface area contributed by atoms with E-state index < -0.39 is 0 Å². The number of aromatic nitrogens is 1. The zero-order valence-corrected chi connectivity index (χ0v) is 20.7. The van der Waals surface area contributed by atoms with Gasteiger partial charge < -0.3 is 15.0 Å². The van der Waals surface area contributed by atoms with Crippen LogP contribution in [0.15, 0.2) is 48.7 Å². The maximum Gasteiger partial charge on any atom is 0.270 e. The highest BCUT2D eigenvalue weighted by Gasteiger charge is 2.24. The van der Waals surface area contributed by atoms with Gasteiger partial charge >= 0.3 is 0 Å². The first-order valence-electron chi connectivity index (χ1n) is 12.1. The van der Waals surface area contributed by atoms with E-state index in [1.165, 1.54) is 11.6 Å². The number of morpholine rings is 1. The van der Waals surface area contributed by atoms with Crippen LogP contribution in [0.1, 0.15) is 49.8 Å². The van der Waals surface area contributed by atoms with Crippen molar-refractivity contribution in [2.75, 3.05) is 39.4 Å². The van der Waals surface area contributed by atoms with Crippen LogP contribution in [-0.4, -0.2) is 60.1 Å². The van der Waals surface area contributed by atoms with Crippen molar-refractivity contribution in [1.29, 1.82) is 0 Å². The Morgan fingerprint density at radius 1 is 1.17 bits per heavy atom. The third kappa shape index (κ3) is 6.07. The molecule has 1 saturated heterocycles. The third-order valence-corrected chi connectivity index (χ3v) is 6.71. The van der Waals surface area contributed by atoms with E-state index >= 15 is 0 Å². The summed E-state index contributed by atoms with van der Waals surface area (Å²) in [5, 5.41) is 15.2. The number of carbonyl (C=O) groups excluding carboxylic acids is 1. The van der Waals surface area contributed by atoms with E-state index in [1.54, 1.807) is 12.1 Å². The molecule has 3 aromatic rings. The van der Waals surface area contributed by atoms with E-state index in [0.717, 1.165) is 54.9 Å². The molecule has 1 atom stereocenters. The number of fused-ring (bicyclic) bond motifs is 1. The Bertz CT molecular complexity index is 1170. The number of hydrogen-bond donors (Lipinski definition) is 2. The van der Waals surface area contributed by atoms with E-state index in [-0.39, 0.29) is 34.3 Å². The smallest absolute Gasteiger partial charge is 0.270 e. The molecule has 2 aromatic carbocycles. The molecular weight excluding hydrogens is 444 g/mol. The third-order valence-electron chi connectivity index (χ3n) is 6.71. The van der Waals surface area contributed by atoms with E-state index in [1.807, 2.05) is 6.20 Å². The Labute approximate surface area is 205 Å². The molecule has 1 amide bonds. The van der Waals surface area contributed by atoms with Crippen LogP contribution >= 0.6 is 0 Å². The molecule has 1 aliphatic heterocycles. The predicted molar refractivity (Wildman–Crippen MR) is 137 cm³/mol. The molecule has 35 heavy (non-hydrogen) atoms. The Morgan fingerprint density at radius 3 is 2.54 bits per heavy atom. The van der Waals surface area contributed by atoms with Crippen LogP contribution in [0.3, 0.4) is 0 Å². The van der Waals surface area contributed by atoms with Crippen molar-refractivity contribution in [3.05, 3.63) is 75.5 Å². The Kier molecular flexibility index (Phi) is 7.52. The van der Waals surface area contributed by atoms with Crippen LogP contribution in [0.2, 0.25) is 0 Å². The van der Waals surface area contributed by atoms with Crippen LogP contribution in [-0.2, 0) is 14.9 Å². The van der Waals surface area contributed by atoms with Crippen molar-refractivity contribution in [2.24, 2.45) is 0 Å². The molecular formula is C27H34N4O4. The summed E-state index contributed by atoms with van der Waals surface area (Å²) in [6.07, 6.45) is 2.13. The van der Waals surface area contributed by atoms with Gasteiger partial charge in [0.25, 0.3) is 5.69 Å². The fourth-order valence-corrected chi connectivity index (χ4v) is 4.59. The van der Waals surface area contributed by atoms with Gasteiger partial charge in [-0.1, -0.05) is 45.0 Å². The standard InChI is InChI=1S/C27H34N4O4/c1-27(2,3)20-6-4-19(5-7-20)22(17-26(32)28-10-11-30-12-14-35-15-13-30)24-18-29-25-9-8-21(31(33)34)16-23(24)25/h4-9,16,18,22,29H,10-15,17H2,1-3H3,(H,28,32)/t22-/m0/s1. The van der Waals surface area contributed by atoms with Crippen LogP contribution < -0.4 is 5.32 Å². The number of benzene rings is 2. The van der Waals surface area contributed by atoms with Crippen molar-refractivity contribution in [3.8, 4) is 0 Å². The van der Waals surface area contributed by atoms with Crippen LogP contribution in [0.5, 0.6) is 0 Å². The number of nitrogens with one attached hydrogen (secondary N) is 2. The monoisotopic (exact) mass is 478 g/mol. The minimum atomic E-state index is -0.387. The minimum absolute atomic E-state index is 0.0201. The van der Waals surface area contributed by atoms with Gasteiger partial charge in [-0.15, -0.1) is 0 Å². The first-order chi connectivity index (χ1) is 16.7. The lowest BCUT2D eigenvalue weighted by Crippen LogP contribution is -2.41. The first kappa shape index (κ1) is 24.9. The van der Waals surface area contributed by atoms with Crippen molar-refractivity contribution in [1.82, 2.24) is 15.2 Å². The fourth-order valence-electron chi connectivity index (χ4n) is 4.59. The van der Waals surface area contributed by atoms with Gasteiger partial charge in [0.15, 0.2) is 0 Å². The number of nitro benzene ring substituents is 1. The van der Waals surface area contributed by atoms with Crippen molar-refractivity contribution in [3.63, 3.8) is 0 Å². The second kappa shape index (κ2) is 10.6. The number of ether oxygens (including phenoxy) is 1. The predicted octanol–water partition coefficient (Wildman–Crippen LogP) is 4.34. The lowest BCUT2D eigenvalue weighted by atomic mass is 9.83. The lowest BCUT2D eigenvalue weighted by Gasteiger charge is -2.26. The SMILES string of the molecule is CC(C)(C)c1ccc([C@H](CC(=O)NCCN2CCOCC2)c2c[nH]c3ccc([N+](=O)[O-])cc23)cc1. The largest absolute Gasteiger partial charge is 0.379 e. The van der Waals surface area contributed by atoms with Crippen LogP contribution in [0.4, 0.5) is 5.69 Å². The first-order valence-corrected chi connectivity index (χ1v) is 12.1. The topological polar surface area (TPSA) is 100 Å². The van der Waals surface area contributed by atoms with Crippen LogP contribution in [0.25, 0.3) is 10.9 Å². The average molecular weight is 479 g/mol. The fraction of sp³-hybridized carbons (Fsp3) is 0.444. The molecule has 186 valence electrons. The van der Waals surface area contributed by atoms with Gasteiger partial charge in [-0.05, 0) is 28.2 Å². The maximum atomic E-state index is 13.0. The number of nitrogens with zero attached hydrogens (tertiary/aromatic N) is 2. The summed E-state index contributed by atoms with van der Waals surface area (Å²) in [5.41, 5.74) is 3.98. The molecule has 0 aliphatic carbocycles. The minimum Gasteiger partial charge on any atom is -0.379 e. The van der Waals surface area contributed by atoms with Crippen molar-refractivity contribution >= 4 is 22.5 Å². The summed E-state index contributed by atoms with van der Waals surface area (Å²) in [7, 11) is 0. The molecule has 1 aromatic heterocycles. The highest BCUT2D eigenvalue weighted by Crippen LogP contribution is 2.36. The Hall–Kier alpha value is -3.23. The van der Waals surface area contributed by atoms with E-state index in [9.17, 15) is 14.9 Å². The van der Waals surface area contributed by atoms with Crippen LogP contribution in [0, 0.1) is 10.1 Å². The van der Waals surface area contributed by atoms with Gasteiger partial charge in [0.05, 0.1) is 18.1 Å². The van der Waals surface area contributed by atoms with Crippen molar-refractivity contribution in [2.45, 2.75) is 38.5 Å². The van der Waals surface area contributed by atoms with Gasteiger partial charge in [-0.25, -0.2) is 0 Å². The summed E-state index contributed by atoms with van der Waals surface area (Å²) in [5.74, 6) is -0.272. The molecule has 1 fully saturated rings. The Balaban J connectivity index is 1.59. The number of nitro groups is 1. The molecule has 1 aliphatic rings. The quantitative estimate of drug-likeness (QED) is 0.370. The molecule has 8 heteroatoms.